The fourth-order valence-electron chi connectivity index (χ4n) is 3.09. The normalized spacial score (nSPS) is 23.9. The largest absolute Gasteiger partial charge is 0.340 e. The van der Waals surface area contributed by atoms with Crippen LogP contribution in [0, 0.1) is 24.2 Å². The van der Waals surface area contributed by atoms with Gasteiger partial charge in [-0.15, -0.1) is 0 Å². The Morgan fingerprint density at radius 3 is 2.79 bits per heavy atom. The van der Waals surface area contributed by atoms with Crippen LogP contribution < -0.4 is 5.32 Å². The zero-order valence-electron chi connectivity index (χ0n) is 12.4. The van der Waals surface area contributed by atoms with Crippen molar-refractivity contribution in [3.63, 3.8) is 0 Å². The third-order valence-electron chi connectivity index (χ3n) is 4.67. The molecule has 0 radical (unpaired) electrons. The van der Waals surface area contributed by atoms with Crippen LogP contribution >= 0.6 is 0 Å². The molecule has 1 aromatic rings. The lowest BCUT2D eigenvalue weighted by atomic mass is 9.97. The Kier molecular flexibility index (Phi) is 4.66. The second-order valence-corrected chi connectivity index (χ2v) is 5.91. The highest BCUT2D eigenvalue weighted by molar-refractivity contribution is 5.34. The summed E-state index contributed by atoms with van der Waals surface area (Å²) in [6.45, 7) is 5.34. The van der Waals surface area contributed by atoms with E-state index in [1.165, 1.54) is 43.4 Å². The van der Waals surface area contributed by atoms with Crippen molar-refractivity contribution in [2.45, 2.75) is 58.5 Å². The Bertz CT molecular complexity index is 467. The van der Waals surface area contributed by atoms with Crippen molar-refractivity contribution in [2.75, 3.05) is 0 Å². The molecule has 2 atom stereocenters. The summed E-state index contributed by atoms with van der Waals surface area (Å²) >= 11 is 0. The second kappa shape index (κ2) is 6.25. The quantitative estimate of drug-likeness (QED) is 0.846. The van der Waals surface area contributed by atoms with Gasteiger partial charge in [0.1, 0.15) is 11.8 Å². The molecular weight excluding hydrogens is 234 g/mol. The number of nitriles is 1. The van der Waals surface area contributed by atoms with Crippen LogP contribution in [-0.2, 0) is 13.6 Å². The summed E-state index contributed by atoms with van der Waals surface area (Å²) in [6.07, 6.45) is 6.74. The molecule has 0 saturated heterocycles. The van der Waals surface area contributed by atoms with Gasteiger partial charge in [0.05, 0.1) is 0 Å². The molecular formula is C16H25N3. The van der Waals surface area contributed by atoms with Crippen molar-refractivity contribution in [2.24, 2.45) is 13.0 Å². The standard InChI is InChI=1S/C16H25N3/c1-12-7-5-4-6-8-16(12)18-11-14-9-15(10-17)19(3)13(14)2/h9,12,16,18H,4-8,11H2,1-3H3. The van der Waals surface area contributed by atoms with Crippen LogP contribution in [0.4, 0.5) is 0 Å². The lowest BCUT2D eigenvalue weighted by Crippen LogP contribution is -2.33. The molecule has 2 rings (SSSR count). The van der Waals surface area contributed by atoms with E-state index < -0.39 is 0 Å². The van der Waals surface area contributed by atoms with E-state index in [4.69, 9.17) is 5.26 Å². The van der Waals surface area contributed by atoms with Crippen LogP contribution in [0.1, 0.15) is 56.0 Å². The van der Waals surface area contributed by atoms with Gasteiger partial charge < -0.3 is 9.88 Å². The minimum Gasteiger partial charge on any atom is -0.340 e. The van der Waals surface area contributed by atoms with Crippen LogP contribution in [0.25, 0.3) is 0 Å². The molecule has 1 aliphatic carbocycles. The topological polar surface area (TPSA) is 40.8 Å². The molecule has 1 fully saturated rings. The molecule has 1 aromatic heterocycles. The van der Waals surface area contributed by atoms with Gasteiger partial charge in [0.15, 0.2) is 0 Å². The van der Waals surface area contributed by atoms with Crippen LogP contribution in [0.3, 0.4) is 0 Å². The summed E-state index contributed by atoms with van der Waals surface area (Å²) in [6, 6.07) is 4.90. The molecule has 0 bridgehead atoms. The lowest BCUT2D eigenvalue weighted by molar-refractivity contribution is 0.356. The fraction of sp³-hybridized carbons (Fsp3) is 0.688. The molecule has 0 aromatic carbocycles. The molecule has 3 nitrogen and oxygen atoms in total. The van der Waals surface area contributed by atoms with Crippen molar-refractivity contribution >= 4 is 0 Å². The number of hydrogen-bond donors (Lipinski definition) is 1. The predicted molar refractivity (Wildman–Crippen MR) is 77.7 cm³/mol. The van der Waals surface area contributed by atoms with Gasteiger partial charge in [0.25, 0.3) is 0 Å². The number of hydrogen-bond acceptors (Lipinski definition) is 2. The van der Waals surface area contributed by atoms with Gasteiger partial charge in [0, 0.05) is 25.3 Å². The van der Waals surface area contributed by atoms with E-state index >= 15 is 0 Å². The maximum atomic E-state index is 9.06. The monoisotopic (exact) mass is 259 g/mol. The first kappa shape index (κ1) is 14.1. The molecule has 1 saturated carbocycles. The second-order valence-electron chi connectivity index (χ2n) is 5.91. The molecule has 19 heavy (non-hydrogen) atoms. The molecule has 1 aliphatic rings. The zero-order valence-corrected chi connectivity index (χ0v) is 12.4. The smallest absolute Gasteiger partial charge is 0.120 e. The van der Waals surface area contributed by atoms with Gasteiger partial charge in [-0.25, -0.2) is 0 Å². The molecule has 0 spiro atoms. The third-order valence-corrected chi connectivity index (χ3v) is 4.67. The van der Waals surface area contributed by atoms with Gasteiger partial charge in [-0.2, -0.15) is 5.26 Å². The highest BCUT2D eigenvalue weighted by Crippen LogP contribution is 2.23. The zero-order chi connectivity index (χ0) is 13.8. The lowest BCUT2D eigenvalue weighted by Gasteiger charge is -2.23. The first-order chi connectivity index (χ1) is 9.13. The summed E-state index contributed by atoms with van der Waals surface area (Å²) in [5.41, 5.74) is 3.21. The van der Waals surface area contributed by atoms with Gasteiger partial charge in [-0.3, -0.25) is 0 Å². The summed E-state index contributed by atoms with van der Waals surface area (Å²) in [5.74, 6) is 0.766. The molecule has 0 amide bonds. The van der Waals surface area contributed by atoms with Crippen molar-refractivity contribution < 1.29 is 0 Å². The summed E-state index contributed by atoms with van der Waals surface area (Å²) in [4.78, 5) is 0. The summed E-state index contributed by atoms with van der Waals surface area (Å²) < 4.78 is 1.98. The van der Waals surface area contributed by atoms with Gasteiger partial charge in [-0.1, -0.05) is 26.2 Å². The van der Waals surface area contributed by atoms with Gasteiger partial charge in [0.2, 0.25) is 0 Å². The maximum Gasteiger partial charge on any atom is 0.120 e. The van der Waals surface area contributed by atoms with Crippen molar-refractivity contribution in [3.8, 4) is 6.07 Å². The van der Waals surface area contributed by atoms with Crippen molar-refractivity contribution in [3.05, 3.63) is 23.0 Å². The number of aromatic nitrogens is 1. The third kappa shape index (κ3) is 3.19. The molecule has 3 heteroatoms. The van der Waals surface area contributed by atoms with E-state index in [-0.39, 0.29) is 0 Å². The van der Waals surface area contributed by atoms with E-state index in [0.29, 0.717) is 6.04 Å². The van der Waals surface area contributed by atoms with E-state index in [1.54, 1.807) is 0 Å². The summed E-state index contributed by atoms with van der Waals surface area (Å²) in [5, 5.41) is 12.8. The number of nitrogens with one attached hydrogen (secondary N) is 1. The number of nitrogens with zero attached hydrogens (tertiary/aromatic N) is 2. The molecule has 0 aliphatic heterocycles. The van der Waals surface area contributed by atoms with Crippen LogP contribution in [0.2, 0.25) is 0 Å². The Labute approximate surface area is 116 Å². The first-order valence-electron chi connectivity index (χ1n) is 7.42. The van der Waals surface area contributed by atoms with Crippen LogP contribution in [-0.4, -0.2) is 10.6 Å². The minimum absolute atomic E-state index is 0.632. The van der Waals surface area contributed by atoms with Gasteiger partial charge >= 0.3 is 0 Å². The Morgan fingerprint density at radius 1 is 1.37 bits per heavy atom. The van der Waals surface area contributed by atoms with E-state index in [0.717, 1.165) is 18.2 Å². The minimum atomic E-state index is 0.632. The van der Waals surface area contributed by atoms with E-state index in [2.05, 4.69) is 25.2 Å². The predicted octanol–water partition coefficient (Wildman–Crippen LogP) is 3.26. The molecule has 104 valence electrons. The van der Waals surface area contributed by atoms with Crippen LogP contribution in [0.5, 0.6) is 0 Å². The van der Waals surface area contributed by atoms with Crippen molar-refractivity contribution in [1.29, 1.82) is 5.26 Å². The maximum absolute atomic E-state index is 9.06. The summed E-state index contributed by atoms with van der Waals surface area (Å²) in [7, 11) is 1.96. The van der Waals surface area contributed by atoms with Crippen molar-refractivity contribution in [1.82, 2.24) is 9.88 Å². The number of rotatable bonds is 3. The first-order valence-corrected chi connectivity index (χ1v) is 7.42. The van der Waals surface area contributed by atoms with E-state index in [1.807, 2.05) is 17.7 Å². The average Bonchev–Trinajstić information content (AvgIpc) is 2.57. The average molecular weight is 259 g/mol. The highest BCUT2D eigenvalue weighted by Gasteiger charge is 2.19. The Morgan fingerprint density at radius 2 is 2.11 bits per heavy atom. The fourth-order valence-corrected chi connectivity index (χ4v) is 3.09. The Balaban J connectivity index is 2.00. The molecule has 1 N–H and O–H groups in total. The molecule has 1 heterocycles. The van der Waals surface area contributed by atoms with E-state index in [9.17, 15) is 0 Å². The molecule has 2 unspecified atom stereocenters. The Hall–Kier alpha value is -1.27. The SMILES string of the molecule is Cc1c(CNC2CCCCCC2C)cc(C#N)n1C. The highest BCUT2D eigenvalue weighted by atomic mass is 15.0. The van der Waals surface area contributed by atoms with Crippen LogP contribution in [0.15, 0.2) is 6.07 Å². The van der Waals surface area contributed by atoms with Gasteiger partial charge in [-0.05, 0) is 37.3 Å².